The summed E-state index contributed by atoms with van der Waals surface area (Å²) in [7, 11) is 0. The van der Waals surface area contributed by atoms with Crippen LogP contribution >= 0.6 is 12.2 Å². The first kappa shape index (κ1) is 14.9. The smallest absolute Gasteiger partial charge is 0.230 e. The van der Waals surface area contributed by atoms with Gasteiger partial charge in [-0.25, -0.2) is 0 Å². The lowest BCUT2D eigenvalue weighted by molar-refractivity contribution is -0.140. The van der Waals surface area contributed by atoms with Gasteiger partial charge < -0.3 is 16.4 Å². The van der Waals surface area contributed by atoms with E-state index >= 15 is 0 Å². The second-order valence-electron chi connectivity index (χ2n) is 7.72. The predicted molar refractivity (Wildman–Crippen MR) is 96.1 cm³/mol. The normalized spacial score (nSPS) is 34.2. The van der Waals surface area contributed by atoms with Crippen molar-refractivity contribution in [1.29, 1.82) is 0 Å². The largest absolute Gasteiger partial charge is 0.376 e. The van der Waals surface area contributed by atoms with E-state index in [1.807, 2.05) is 24.3 Å². The van der Waals surface area contributed by atoms with Crippen molar-refractivity contribution in [3.05, 3.63) is 24.3 Å². The highest BCUT2D eigenvalue weighted by atomic mass is 32.1. The van der Waals surface area contributed by atoms with Crippen molar-refractivity contribution in [3.8, 4) is 0 Å². The molecule has 1 amide bonds. The Balaban J connectivity index is 1.46. The lowest BCUT2D eigenvalue weighted by atomic mass is 9.49. The summed E-state index contributed by atoms with van der Waals surface area (Å²) >= 11 is 4.83. The van der Waals surface area contributed by atoms with E-state index in [4.69, 9.17) is 18.0 Å². The molecule has 0 heterocycles. The minimum Gasteiger partial charge on any atom is -0.376 e. The maximum atomic E-state index is 13.0. The molecule has 4 bridgehead atoms. The summed E-state index contributed by atoms with van der Waals surface area (Å²) in [4.78, 5) is 13.0. The maximum absolute atomic E-state index is 13.0. The molecular formula is C18H23N3OS. The maximum Gasteiger partial charge on any atom is 0.230 e. The van der Waals surface area contributed by atoms with Gasteiger partial charge in [-0.1, -0.05) is 0 Å². The third kappa shape index (κ3) is 2.82. The number of anilines is 2. The van der Waals surface area contributed by atoms with Crippen LogP contribution in [0.3, 0.4) is 0 Å². The van der Waals surface area contributed by atoms with E-state index in [9.17, 15) is 4.79 Å². The van der Waals surface area contributed by atoms with Crippen molar-refractivity contribution in [3.63, 3.8) is 0 Å². The zero-order chi connectivity index (χ0) is 16.0. The van der Waals surface area contributed by atoms with Crippen LogP contribution in [-0.2, 0) is 4.79 Å². The summed E-state index contributed by atoms with van der Waals surface area (Å²) in [5.41, 5.74) is 7.04. The Kier molecular flexibility index (Phi) is 3.56. The molecule has 4 fully saturated rings. The van der Waals surface area contributed by atoms with Crippen LogP contribution in [0.5, 0.6) is 0 Å². The van der Waals surface area contributed by atoms with Crippen LogP contribution in [-0.4, -0.2) is 11.0 Å². The van der Waals surface area contributed by atoms with Crippen molar-refractivity contribution in [2.24, 2.45) is 28.9 Å². The number of carbonyl (C=O) groups excluding carboxylic acids is 1. The van der Waals surface area contributed by atoms with E-state index in [0.717, 1.165) is 48.4 Å². The number of hydrogen-bond donors (Lipinski definition) is 3. The van der Waals surface area contributed by atoms with E-state index in [2.05, 4.69) is 10.6 Å². The number of rotatable bonds is 3. The number of benzene rings is 1. The Hall–Kier alpha value is -1.62. The van der Waals surface area contributed by atoms with Gasteiger partial charge in [-0.15, -0.1) is 0 Å². The average Bonchev–Trinajstić information content (AvgIpc) is 2.47. The summed E-state index contributed by atoms with van der Waals surface area (Å²) < 4.78 is 0. The molecule has 4 nitrogen and oxygen atoms in total. The molecule has 0 atom stereocenters. The minimum atomic E-state index is -0.107. The number of hydrogen-bond acceptors (Lipinski definition) is 2. The molecule has 5 rings (SSSR count). The standard InChI is InChI=1S/C18H23N3OS/c19-17(23)21-15-3-1-14(2-4-15)20-16(22)18-8-11-5-12(9-18)7-13(6-11)10-18/h1-4,11-13H,5-10H2,(H,20,22)(H3,19,21,23). The van der Waals surface area contributed by atoms with Crippen LogP contribution in [0.25, 0.3) is 0 Å². The molecule has 4 aliphatic rings. The molecule has 1 aromatic carbocycles. The molecule has 4 N–H and O–H groups in total. The summed E-state index contributed by atoms with van der Waals surface area (Å²) in [6.07, 6.45) is 7.33. The fourth-order valence-corrected chi connectivity index (χ4v) is 5.55. The van der Waals surface area contributed by atoms with Gasteiger partial charge in [0.2, 0.25) is 5.91 Å². The Morgan fingerprint density at radius 1 is 0.957 bits per heavy atom. The number of amides is 1. The van der Waals surface area contributed by atoms with E-state index in [1.54, 1.807) is 0 Å². The Labute approximate surface area is 142 Å². The van der Waals surface area contributed by atoms with Gasteiger partial charge in [0, 0.05) is 11.4 Å². The van der Waals surface area contributed by atoms with Crippen LogP contribution in [0.15, 0.2) is 24.3 Å². The van der Waals surface area contributed by atoms with Crippen molar-refractivity contribution in [1.82, 2.24) is 0 Å². The highest BCUT2D eigenvalue weighted by Crippen LogP contribution is 2.60. The van der Waals surface area contributed by atoms with Crippen LogP contribution in [0.1, 0.15) is 38.5 Å². The third-order valence-corrected chi connectivity index (χ3v) is 6.03. The second kappa shape index (κ2) is 5.48. The monoisotopic (exact) mass is 329 g/mol. The third-order valence-electron chi connectivity index (χ3n) is 5.93. The lowest BCUT2D eigenvalue weighted by Gasteiger charge is -2.55. The molecule has 0 saturated heterocycles. The number of nitrogens with one attached hydrogen (secondary N) is 2. The Morgan fingerprint density at radius 3 is 1.83 bits per heavy atom. The molecule has 0 aromatic heterocycles. The molecule has 0 radical (unpaired) electrons. The second-order valence-corrected chi connectivity index (χ2v) is 8.16. The summed E-state index contributed by atoms with van der Waals surface area (Å²) in [6, 6.07) is 7.57. The van der Waals surface area contributed by atoms with Gasteiger partial charge in [-0.3, -0.25) is 4.79 Å². The molecule has 1 aromatic rings. The van der Waals surface area contributed by atoms with Gasteiger partial charge in [0.05, 0.1) is 5.41 Å². The van der Waals surface area contributed by atoms with E-state index in [0.29, 0.717) is 0 Å². The van der Waals surface area contributed by atoms with Crippen LogP contribution in [0, 0.1) is 23.2 Å². The summed E-state index contributed by atoms with van der Waals surface area (Å²) in [5, 5.41) is 6.28. The molecular weight excluding hydrogens is 306 g/mol. The Morgan fingerprint density at radius 2 is 1.39 bits per heavy atom. The number of carbonyl (C=O) groups is 1. The van der Waals surface area contributed by atoms with Gasteiger partial charge >= 0.3 is 0 Å². The fraction of sp³-hybridized carbons (Fsp3) is 0.556. The molecule has 23 heavy (non-hydrogen) atoms. The first-order chi connectivity index (χ1) is 11.0. The van der Waals surface area contributed by atoms with Gasteiger partial charge in [0.15, 0.2) is 5.11 Å². The number of thiocarbonyl (C=S) groups is 1. The topological polar surface area (TPSA) is 67.2 Å². The lowest BCUT2D eigenvalue weighted by Crippen LogP contribution is -2.51. The van der Waals surface area contributed by atoms with Crippen molar-refractivity contribution >= 4 is 34.6 Å². The zero-order valence-electron chi connectivity index (χ0n) is 13.2. The highest BCUT2D eigenvalue weighted by molar-refractivity contribution is 7.80. The SMILES string of the molecule is NC(=S)Nc1ccc(NC(=O)C23CC4CC(CC(C4)C2)C3)cc1. The van der Waals surface area contributed by atoms with Crippen LogP contribution in [0.4, 0.5) is 11.4 Å². The molecule has 4 saturated carbocycles. The van der Waals surface area contributed by atoms with Gasteiger partial charge in [-0.05, 0) is 92.8 Å². The Bertz CT molecular complexity index is 605. The average molecular weight is 329 g/mol. The van der Waals surface area contributed by atoms with Gasteiger partial charge in [0.25, 0.3) is 0 Å². The number of nitrogens with two attached hydrogens (primary N) is 1. The van der Waals surface area contributed by atoms with Gasteiger partial charge in [0.1, 0.15) is 0 Å². The van der Waals surface area contributed by atoms with Crippen molar-refractivity contribution < 1.29 is 4.79 Å². The predicted octanol–water partition coefficient (Wildman–Crippen LogP) is 3.50. The van der Waals surface area contributed by atoms with Gasteiger partial charge in [-0.2, -0.15) is 0 Å². The zero-order valence-corrected chi connectivity index (χ0v) is 14.0. The fourth-order valence-electron chi connectivity index (χ4n) is 5.43. The molecule has 0 aliphatic heterocycles. The highest BCUT2D eigenvalue weighted by Gasteiger charge is 2.54. The van der Waals surface area contributed by atoms with E-state index in [-0.39, 0.29) is 16.4 Å². The first-order valence-electron chi connectivity index (χ1n) is 8.50. The van der Waals surface area contributed by atoms with Crippen LogP contribution < -0.4 is 16.4 Å². The molecule has 0 unspecified atom stereocenters. The molecule has 122 valence electrons. The van der Waals surface area contributed by atoms with E-state index in [1.165, 1.54) is 19.3 Å². The molecule has 0 spiro atoms. The van der Waals surface area contributed by atoms with Crippen LogP contribution in [0.2, 0.25) is 0 Å². The first-order valence-corrected chi connectivity index (χ1v) is 8.91. The van der Waals surface area contributed by atoms with Crippen molar-refractivity contribution in [2.75, 3.05) is 10.6 Å². The minimum absolute atomic E-state index is 0.107. The van der Waals surface area contributed by atoms with E-state index < -0.39 is 0 Å². The quantitative estimate of drug-likeness (QED) is 0.743. The molecule has 5 heteroatoms. The summed E-state index contributed by atoms with van der Waals surface area (Å²) in [5.74, 6) is 2.57. The van der Waals surface area contributed by atoms with Crippen molar-refractivity contribution in [2.45, 2.75) is 38.5 Å². The molecule has 4 aliphatic carbocycles. The summed E-state index contributed by atoms with van der Waals surface area (Å²) in [6.45, 7) is 0.